The molecule has 0 aliphatic heterocycles. The third-order valence-corrected chi connectivity index (χ3v) is 1.16. The van der Waals surface area contributed by atoms with Gasteiger partial charge in [-0.25, -0.2) is 0 Å². The summed E-state index contributed by atoms with van der Waals surface area (Å²) in [5.41, 5.74) is 0. The van der Waals surface area contributed by atoms with Crippen molar-refractivity contribution in [2.75, 3.05) is 26.4 Å². The van der Waals surface area contributed by atoms with E-state index in [0.717, 1.165) is 6.61 Å². The smallest absolute Gasteiger partial charge is 0.0701 e. The third-order valence-electron chi connectivity index (χ3n) is 1.16. The van der Waals surface area contributed by atoms with Crippen molar-refractivity contribution in [2.24, 2.45) is 5.92 Å². The Morgan fingerprint density at radius 2 is 2.00 bits per heavy atom. The SMILES string of the molecule is CCOCCOCC(C)C#N. The maximum atomic E-state index is 8.38. The van der Waals surface area contributed by atoms with Gasteiger partial charge >= 0.3 is 0 Å². The Morgan fingerprint density at radius 3 is 2.55 bits per heavy atom. The zero-order valence-corrected chi connectivity index (χ0v) is 7.17. The predicted octanol–water partition coefficient (Wildman–Crippen LogP) is 1.20. The zero-order chi connectivity index (χ0) is 8.53. The summed E-state index contributed by atoms with van der Waals surface area (Å²) in [4.78, 5) is 0. The van der Waals surface area contributed by atoms with Gasteiger partial charge in [0.25, 0.3) is 0 Å². The molecule has 0 aromatic rings. The third kappa shape index (κ3) is 7.31. The van der Waals surface area contributed by atoms with Crippen molar-refractivity contribution in [1.82, 2.24) is 0 Å². The molecule has 0 heterocycles. The molecule has 0 aliphatic carbocycles. The molecule has 0 aromatic carbocycles. The van der Waals surface area contributed by atoms with Crippen molar-refractivity contribution in [3.8, 4) is 6.07 Å². The minimum Gasteiger partial charge on any atom is -0.379 e. The van der Waals surface area contributed by atoms with E-state index in [1.807, 2.05) is 13.8 Å². The standard InChI is InChI=1S/C8H15NO2/c1-3-10-4-5-11-7-8(2)6-9/h8H,3-5,7H2,1-2H3. The van der Waals surface area contributed by atoms with E-state index in [-0.39, 0.29) is 5.92 Å². The summed E-state index contributed by atoms with van der Waals surface area (Å²) in [7, 11) is 0. The topological polar surface area (TPSA) is 42.2 Å². The highest BCUT2D eigenvalue weighted by Gasteiger charge is 1.97. The van der Waals surface area contributed by atoms with Gasteiger partial charge in [0.15, 0.2) is 0 Å². The Kier molecular flexibility index (Phi) is 7.11. The van der Waals surface area contributed by atoms with Crippen LogP contribution >= 0.6 is 0 Å². The van der Waals surface area contributed by atoms with Gasteiger partial charge in [0.2, 0.25) is 0 Å². The molecule has 11 heavy (non-hydrogen) atoms. The van der Waals surface area contributed by atoms with E-state index in [1.165, 1.54) is 0 Å². The van der Waals surface area contributed by atoms with Crippen molar-refractivity contribution in [3.63, 3.8) is 0 Å². The van der Waals surface area contributed by atoms with Gasteiger partial charge in [0, 0.05) is 6.61 Å². The van der Waals surface area contributed by atoms with Crippen LogP contribution in [0.1, 0.15) is 13.8 Å². The summed E-state index contributed by atoms with van der Waals surface area (Å²) in [6.07, 6.45) is 0. The van der Waals surface area contributed by atoms with Gasteiger partial charge in [-0.3, -0.25) is 0 Å². The van der Waals surface area contributed by atoms with E-state index < -0.39 is 0 Å². The van der Waals surface area contributed by atoms with E-state index in [2.05, 4.69) is 6.07 Å². The number of nitriles is 1. The Hall–Kier alpha value is -0.590. The summed E-state index contributed by atoms with van der Waals surface area (Å²) < 4.78 is 10.2. The highest BCUT2D eigenvalue weighted by molar-refractivity contribution is 4.77. The second-order valence-corrected chi connectivity index (χ2v) is 2.30. The molecule has 0 radical (unpaired) electrons. The lowest BCUT2D eigenvalue weighted by atomic mass is 10.2. The van der Waals surface area contributed by atoms with Crippen LogP contribution in [0.3, 0.4) is 0 Å². The van der Waals surface area contributed by atoms with Gasteiger partial charge in [0.1, 0.15) is 0 Å². The van der Waals surface area contributed by atoms with Gasteiger partial charge in [-0.05, 0) is 13.8 Å². The van der Waals surface area contributed by atoms with E-state index in [4.69, 9.17) is 14.7 Å². The molecule has 1 atom stereocenters. The number of rotatable bonds is 6. The lowest BCUT2D eigenvalue weighted by Crippen LogP contribution is -2.08. The van der Waals surface area contributed by atoms with E-state index in [0.29, 0.717) is 19.8 Å². The van der Waals surface area contributed by atoms with Gasteiger partial charge in [-0.2, -0.15) is 5.26 Å². The van der Waals surface area contributed by atoms with Crippen molar-refractivity contribution in [2.45, 2.75) is 13.8 Å². The number of hydrogen-bond donors (Lipinski definition) is 0. The molecule has 0 saturated carbocycles. The zero-order valence-electron chi connectivity index (χ0n) is 7.17. The summed E-state index contributed by atoms with van der Waals surface area (Å²) in [5.74, 6) is -0.0170. The fourth-order valence-corrected chi connectivity index (χ4v) is 0.560. The van der Waals surface area contributed by atoms with Crippen molar-refractivity contribution >= 4 is 0 Å². The second-order valence-electron chi connectivity index (χ2n) is 2.30. The van der Waals surface area contributed by atoms with Crippen LogP contribution in [0, 0.1) is 17.2 Å². The van der Waals surface area contributed by atoms with Crippen LogP contribution in [0.15, 0.2) is 0 Å². The molecular formula is C8H15NO2. The fraction of sp³-hybridized carbons (Fsp3) is 0.875. The van der Waals surface area contributed by atoms with Crippen LogP contribution in [0.25, 0.3) is 0 Å². The first-order valence-electron chi connectivity index (χ1n) is 3.86. The maximum absolute atomic E-state index is 8.38. The van der Waals surface area contributed by atoms with Crippen LogP contribution < -0.4 is 0 Å². The Balaban J connectivity index is 2.97. The first-order chi connectivity index (χ1) is 5.31. The molecule has 0 spiro atoms. The Morgan fingerprint density at radius 1 is 1.36 bits per heavy atom. The van der Waals surface area contributed by atoms with Crippen molar-refractivity contribution in [1.29, 1.82) is 5.26 Å². The first kappa shape index (κ1) is 10.4. The quantitative estimate of drug-likeness (QED) is 0.544. The molecule has 1 unspecified atom stereocenters. The Labute approximate surface area is 67.9 Å². The van der Waals surface area contributed by atoms with E-state index in [9.17, 15) is 0 Å². The highest BCUT2D eigenvalue weighted by Crippen LogP contribution is 1.91. The van der Waals surface area contributed by atoms with Crippen molar-refractivity contribution in [3.05, 3.63) is 0 Å². The predicted molar refractivity (Wildman–Crippen MR) is 42.1 cm³/mol. The molecule has 0 saturated heterocycles. The minimum absolute atomic E-state index is 0.0170. The molecule has 0 fully saturated rings. The monoisotopic (exact) mass is 157 g/mol. The average Bonchev–Trinajstić information content (AvgIpc) is 2.04. The molecule has 0 aliphatic rings. The Bertz CT molecular complexity index is 120. The molecule has 3 nitrogen and oxygen atoms in total. The summed E-state index contributed by atoms with van der Waals surface area (Å²) in [6, 6.07) is 2.09. The fourth-order valence-electron chi connectivity index (χ4n) is 0.560. The molecule has 64 valence electrons. The lowest BCUT2D eigenvalue weighted by Gasteiger charge is -2.04. The van der Waals surface area contributed by atoms with Gasteiger partial charge in [-0.15, -0.1) is 0 Å². The molecule has 0 amide bonds. The van der Waals surface area contributed by atoms with Gasteiger partial charge < -0.3 is 9.47 Å². The lowest BCUT2D eigenvalue weighted by molar-refractivity contribution is 0.0460. The number of hydrogen-bond acceptors (Lipinski definition) is 3. The number of nitrogens with zero attached hydrogens (tertiary/aromatic N) is 1. The normalized spacial score (nSPS) is 12.5. The summed E-state index contributed by atoms with van der Waals surface area (Å²) >= 11 is 0. The largest absolute Gasteiger partial charge is 0.379 e. The molecule has 0 N–H and O–H groups in total. The van der Waals surface area contributed by atoms with Crippen LogP contribution in [-0.4, -0.2) is 26.4 Å². The molecule has 0 aromatic heterocycles. The van der Waals surface area contributed by atoms with Crippen LogP contribution in [0.5, 0.6) is 0 Å². The average molecular weight is 157 g/mol. The second kappa shape index (κ2) is 7.52. The van der Waals surface area contributed by atoms with Gasteiger partial charge in [0.05, 0.1) is 31.8 Å². The molecule has 3 heteroatoms. The maximum Gasteiger partial charge on any atom is 0.0701 e. The van der Waals surface area contributed by atoms with E-state index >= 15 is 0 Å². The number of ether oxygens (including phenoxy) is 2. The highest BCUT2D eigenvalue weighted by atomic mass is 16.5. The van der Waals surface area contributed by atoms with Crippen molar-refractivity contribution < 1.29 is 9.47 Å². The molecule has 0 rings (SSSR count). The molecular weight excluding hydrogens is 142 g/mol. The van der Waals surface area contributed by atoms with Crippen LogP contribution in [-0.2, 0) is 9.47 Å². The summed E-state index contributed by atoms with van der Waals surface area (Å²) in [5, 5.41) is 8.38. The molecule has 0 bridgehead atoms. The van der Waals surface area contributed by atoms with Gasteiger partial charge in [-0.1, -0.05) is 0 Å². The van der Waals surface area contributed by atoms with Crippen LogP contribution in [0.2, 0.25) is 0 Å². The first-order valence-corrected chi connectivity index (χ1v) is 3.86. The summed E-state index contributed by atoms with van der Waals surface area (Å²) in [6.45, 7) is 6.20. The van der Waals surface area contributed by atoms with Crippen LogP contribution in [0.4, 0.5) is 0 Å². The van der Waals surface area contributed by atoms with E-state index in [1.54, 1.807) is 0 Å². The minimum atomic E-state index is -0.0170.